The molecule has 0 aromatic heterocycles. The third-order valence-corrected chi connectivity index (χ3v) is 7.87. The summed E-state index contributed by atoms with van der Waals surface area (Å²) in [7, 11) is 0.173. The summed E-state index contributed by atoms with van der Waals surface area (Å²) in [4.78, 5) is 0. The van der Waals surface area contributed by atoms with E-state index in [9.17, 15) is 4.57 Å². The van der Waals surface area contributed by atoms with Gasteiger partial charge < -0.3 is 14.1 Å². The first kappa shape index (κ1) is 16.7. The lowest BCUT2D eigenvalue weighted by Gasteiger charge is -2.28. The van der Waals surface area contributed by atoms with Gasteiger partial charge in [0.25, 0.3) is 0 Å². The zero-order valence-electron chi connectivity index (χ0n) is 14.8. The summed E-state index contributed by atoms with van der Waals surface area (Å²) in [6, 6.07) is 23.4. The van der Waals surface area contributed by atoms with Crippen LogP contribution in [0, 0.1) is 0 Å². The van der Waals surface area contributed by atoms with Crippen LogP contribution in [0.15, 0.2) is 72.8 Å². The molecule has 0 aliphatic carbocycles. The summed E-state index contributed by atoms with van der Waals surface area (Å²) >= 11 is 0. The van der Waals surface area contributed by atoms with Gasteiger partial charge in [-0.25, -0.2) is 0 Å². The first-order valence-corrected chi connectivity index (χ1v) is 10.1. The van der Waals surface area contributed by atoms with Crippen LogP contribution in [0.3, 0.4) is 0 Å². The van der Waals surface area contributed by atoms with Crippen molar-refractivity contribution in [2.45, 2.75) is 6.54 Å². The molecule has 0 bridgehead atoms. The Bertz CT molecular complexity index is 988. The molecule has 5 heteroatoms. The van der Waals surface area contributed by atoms with Crippen LogP contribution in [-0.2, 0) is 11.1 Å². The van der Waals surface area contributed by atoms with Gasteiger partial charge in [-0.2, -0.15) is 0 Å². The van der Waals surface area contributed by atoms with E-state index in [2.05, 4.69) is 0 Å². The molecule has 1 heterocycles. The lowest BCUT2D eigenvalue weighted by molar-refractivity contribution is 0.355. The van der Waals surface area contributed by atoms with Crippen LogP contribution in [0.4, 0.5) is 5.69 Å². The maximum atomic E-state index is 14.5. The second-order valence-electron chi connectivity index (χ2n) is 6.14. The number of para-hydroxylation sites is 1. The SMILES string of the molecule is COc1ccc(P2(=O)c3ccccc3CN2c2ccccc2)cc1OC. The number of hydrogen-bond acceptors (Lipinski definition) is 3. The van der Waals surface area contributed by atoms with Gasteiger partial charge in [0.2, 0.25) is 7.29 Å². The summed E-state index contributed by atoms with van der Waals surface area (Å²) in [5.41, 5.74) is 2.04. The van der Waals surface area contributed by atoms with Crippen LogP contribution >= 0.6 is 7.29 Å². The number of nitrogens with zero attached hydrogens (tertiary/aromatic N) is 1. The predicted molar refractivity (Wildman–Crippen MR) is 105 cm³/mol. The van der Waals surface area contributed by atoms with Crippen molar-refractivity contribution in [1.29, 1.82) is 0 Å². The Labute approximate surface area is 153 Å². The van der Waals surface area contributed by atoms with Crippen molar-refractivity contribution in [3.63, 3.8) is 0 Å². The molecule has 3 aromatic carbocycles. The molecule has 0 saturated carbocycles. The third-order valence-electron chi connectivity index (χ3n) is 4.75. The highest BCUT2D eigenvalue weighted by Crippen LogP contribution is 2.56. The van der Waals surface area contributed by atoms with E-state index in [4.69, 9.17) is 9.47 Å². The zero-order valence-corrected chi connectivity index (χ0v) is 15.6. The molecule has 1 aliphatic heterocycles. The summed E-state index contributed by atoms with van der Waals surface area (Å²) in [5, 5.41) is 1.63. The van der Waals surface area contributed by atoms with E-state index >= 15 is 0 Å². The molecule has 0 radical (unpaired) electrons. The van der Waals surface area contributed by atoms with Crippen LogP contribution in [0.25, 0.3) is 0 Å². The van der Waals surface area contributed by atoms with Crippen molar-refractivity contribution < 1.29 is 14.0 Å². The van der Waals surface area contributed by atoms with Crippen molar-refractivity contribution in [1.82, 2.24) is 0 Å². The van der Waals surface area contributed by atoms with Gasteiger partial charge in [-0.15, -0.1) is 0 Å². The molecule has 0 saturated heterocycles. The molecule has 4 nitrogen and oxygen atoms in total. The van der Waals surface area contributed by atoms with Crippen LogP contribution in [0.2, 0.25) is 0 Å². The van der Waals surface area contributed by atoms with Crippen molar-refractivity contribution in [3.8, 4) is 11.5 Å². The zero-order chi connectivity index (χ0) is 18.1. The molecule has 0 spiro atoms. The monoisotopic (exact) mass is 365 g/mol. The standard InChI is InChI=1S/C21H20NO3P/c1-24-19-13-12-18(14-20(19)25-2)26(23)21-11-7-6-8-16(21)15-22(26)17-9-4-3-5-10-17/h3-14H,15H2,1-2H3. The van der Waals surface area contributed by atoms with Gasteiger partial charge in [0.05, 0.1) is 20.8 Å². The fourth-order valence-electron chi connectivity index (χ4n) is 3.48. The van der Waals surface area contributed by atoms with E-state index in [1.54, 1.807) is 14.2 Å². The first-order valence-electron chi connectivity index (χ1n) is 8.42. The summed E-state index contributed by atoms with van der Waals surface area (Å²) in [6.45, 7) is 0.617. The van der Waals surface area contributed by atoms with E-state index in [1.165, 1.54) is 0 Å². The van der Waals surface area contributed by atoms with Crippen LogP contribution in [0.1, 0.15) is 5.56 Å². The van der Waals surface area contributed by atoms with Crippen molar-refractivity contribution in [2.75, 3.05) is 18.9 Å². The number of fused-ring (bicyclic) bond motifs is 1. The minimum absolute atomic E-state index is 0.581. The summed E-state index contributed by atoms with van der Waals surface area (Å²) in [5.74, 6) is 1.21. The Morgan fingerprint density at radius 2 is 1.54 bits per heavy atom. The number of benzene rings is 3. The average molecular weight is 365 g/mol. The average Bonchev–Trinajstić information content (AvgIpc) is 3.02. The molecule has 3 aromatic rings. The number of ether oxygens (including phenoxy) is 2. The number of rotatable bonds is 4. The normalized spacial score (nSPS) is 18.5. The molecular weight excluding hydrogens is 345 g/mol. The van der Waals surface area contributed by atoms with Crippen LogP contribution in [-0.4, -0.2) is 14.2 Å². The quantitative estimate of drug-likeness (QED) is 0.656. The molecule has 1 atom stereocenters. The smallest absolute Gasteiger partial charge is 0.230 e. The van der Waals surface area contributed by atoms with Gasteiger partial charge in [0, 0.05) is 16.3 Å². The number of methoxy groups -OCH3 is 2. The molecular formula is C21H20NO3P. The molecule has 0 fully saturated rings. The van der Waals surface area contributed by atoms with Gasteiger partial charge in [-0.1, -0.05) is 36.4 Å². The van der Waals surface area contributed by atoms with Gasteiger partial charge in [-0.05, 0) is 42.0 Å². The van der Waals surface area contributed by atoms with Crippen molar-refractivity contribution in [2.24, 2.45) is 0 Å². The second-order valence-corrected chi connectivity index (χ2v) is 8.77. The minimum Gasteiger partial charge on any atom is -0.493 e. The summed E-state index contributed by atoms with van der Waals surface area (Å²) in [6.07, 6.45) is 0. The molecule has 26 heavy (non-hydrogen) atoms. The van der Waals surface area contributed by atoms with Crippen molar-refractivity contribution in [3.05, 3.63) is 78.4 Å². The number of anilines is 1. The van der Waals surface area contributed by atoms with Crippen LogP contribution in [0.5, 0.6) is 11.5 Å². The molecule has 1 aliphatic rings. The lowest BCUT2D eigenvalue weighted by atomic mass is 10.2. The maximum Gasteiger partial charge on any atom is 0.230 e. The van der Waals surface area contributed by atoms with E-state index in [-0.39, 0.29) is 0 Å². The highest BCUT2D eigenvalue weighted by Gasteiger charge is 2.42. The van der Waals surface area contributed by atoms with Gasteiger partial charge in [-0.3, -0.25) is 4.57 Å². The lowest BCUT2D eigenvalue weighted by Crippen LogP contribution is -2.24. The fraction of sp³-hybridized carbons (Fsp3) is 0.143. The Balaban J connectivity index is 1.93. The third kappa shape index (κ3) is 2.49. The second kappa shape index (κ2) is 6.54. The first-order chi connectivity index (χ1) is 12.7. The number of hydrogen-bond donors (Lipinski definition) is 0. The van der Waals surface area contributed by atoms with Crippen LogP contribution < -0.4 is 24.8 Å². The van der Waals surface area contributed by atoms with E-state index < -0.39 is 7.29 Å². The minimum atomic E-state index is -3.02. The van der Waals surface area contributed by atoms with Gasteiger partial charge >= 0.3 is 0 Å². The van der Waals surface area contributed by atoms with Gasteiger partial charge in [0.1, 0.15) is 0 Å². The summed E-state index contributed by atoms with van der Waals surface area (Å²) < 4.78 is 27.3. The predicted octanol–water partition coefficient (Wildman–Crippen LogP) is 3.95. The van der Waals surface area contributed by atoms with E-state index in [0.29, 0.717) is 18.0 Å². The Morgan fingerprint density at radius 3 is 2.27 bits per heavy atom. The topological polar surface area (TPSA) is 38.8 Å². The highest BCUT2D eigenvalue weighted by molar-refractivity contribution is 7.80. The Kier molecular flexibility index (Phi) is 4.21. The van der Waals surface area contributed by atoms with Crippen molar-refractivity contribution >= 4 is 23.6 Å². The highest BCUT2D eigenvalue weighted by atomic mass is 31.2. The molecule has 132 valence electrons. The van der Waals surface area contributed by atoms with E-state index in [0.717, 1.165) is 21.9 Å². The van der Waals surface area contributed by atoms with Gasteiger partial charge in [0.15, 0.2) is 11.5 Å². The Hall–Kier alpha value is -2.71. The van der Waals surface area contributed by atoms with E-state index in [1.807, 2.05) is 77.5 Å². The molecule has 4 rings (SSSR count). The Morgan fingerprint density at radius 1 is 0.846 bits per heavy atom. The maximum absolute atomic E-state index is 14.5. The molecule has 0 amide bonds. The molecule has 0 N–H and O–H groups in total. The largest absolute Gasteiger partial charge is 0.493 e. The fourth-order valence-corrected chi connectivity index (χ4v) is 6.50. The molecule has 1 unspecified atom stereocenters.